The summed E-state index contributed by atoms with van der Waals surface area (Å²) in [6.07, 6.45) is -2.34. The summed E-state index contributed by atoms with van der Waals surface area (Å²) in [6.45, 7) is -0.386. The molecule has 0 fully saturated rings. The molecular weight excluding hydrogens is 378 g/mol. The van der Waals surface area contributed by atoms with E-state index in [4.69, 9.17) is 20.3 Å². The minimum atomic E-state index is -1.15. The molecule has 0 bridgehead atoms. The van der Waals surface area contributed by atoms with E-state index in [2.05, 4.69) is 4.99 Å². The highest BCUT2D eigenvalue weighted by atomic mass is 16.6. The number of nitrogens with two attached hydrogens (primary N) is 1. The molecule has 9 nitrogen and oxygen atoms in total. The van der Waals surface area contributed by atoms with E-state index in [1.165, 1.54) is 0 Å². The van der Waals surface area contributed by atoms with Gasteiger partial charge in [-0.3, -0.25) is 4.79 Å². The molecule has 0 spiro atoms. The molecule has 0 unspecified atom stereocenters. The van der Waals surface area contributed by atoms with Crippen LogP contribution in [0.15, 0.2) is 65.7 Å². The van der Waals surface area contributed by atoms with Crippen LogP contribution >= 0.6 is 0 Å². The first-order valence-electron chi connectivity index (χ1n) is 8.70. The van der Waals surface area contributed by atoms with E-state index in [1.807, 2.05) is 12.1 Å². The summed E-state index contributed by atoms with van der Waals surface area (Å²) in [7, 11) is 0. The van der Waals surface area contributed by atoms with Gasteiger partial charge in [0.25, 0.3) is 0 Å². The zero-order valence-corrected chi connectivity index (χ0v) is 15.6. The van der Waals surface area contributed by atoms with Crippen LogP contribution in [-0.2, 0) is 27.5 Å². The van der Waals surface area contributed by atoms with Crippen molar-refractivity contribution in [1.29, 1.82) is 0 Å². The topological polar surface area (TPSA) is 132 Å². The van der Waals surface area contributed by atoms with Crippen molar-refractivity contribution in [2.45, 2.75) is 19.6 Å². The van der Waals surface area contributed by atoms with Crippen LogP contribution in [0.5, 0.6) is 0 Å². The Labute approximate surface area is 167 Å². The molecule has 9 heteroatoms. The molecule has 0 atom stereocenters. The Morgan fingerprint density at radius 2 is 1.41 bits per heavy atom. The highest BCUT2D eigenvalue weighted by molar-refractivity contribution is 5.98. The summed E-state index contributed by atoms with van der Waals surface area (Å²) in [5.41, 5.74) is 7.21. The number of aliphatic carboxylic acids is 1. The van der Waals surface area contributed by atoms with E-state index in [-0.39, 0.29) is 19.8 Å². The number of hydrogen-bond acceptors (Lipinski definition) is 5. The Bertz CT molecular complexity index is 855. The first-order chi connectivity index (χ1) is 14.0. The Hall–Kier alpha value is -3.88. The van der Waals surface area contributed by atoms with Crippen molar-refractivity contribution in [2.75, 3.05) is 6.54 Å². The highest BCUT2D eigenvalue weighted by Gasteiger charge is 2.21. The minimum absolute atomic E-state index is 0.0238. The van der Waals surface area contributed by atoms with Crippen LogP contribution in [0.25, 0.3) is 0 Å². The van der Waals surface area contributed by atoms with Crippen molar-refractivity contribution in [1.82, 2.24) is 4.90 Å². The lowest BCUT2D eigenvalue weighted by atomic mass is 10.2. The quantitative estimate of drug-likeness (QED) is 0.540. The number of carboxylic acid groups (broad SMARTS) is 1. The predicted molar refractivity (Wildman–Crippen MR) is 104 cm³/mol. The van der Waals surface area contributed by atoms with Crippen molar-refractivity contribution in [2.24, 2.45) is 10.7 Å². The normalized spacial score (nSPS) is 10.8. The maximum absolute atomic E-state index is 12.3. The van der Waals surface area contributed by atoms with E-state index in [0.717, 1.165) is 16.0 Å². The Kier molecular flexibility index (Phi) is 8.18. The number of carbonyl (C=O) groups is 3. The molecule has 3 N–H and O–H groups in total. The molecule has 2 aromatic carbocycles. The van der Waals surface area contributed by atoms with Crippen LogP contribution in [0.4, 0.5) is 9.59 Å². The van der Waals surface area contributed by atoms with E-state index >= 15 is 0 Å². The van der Waals surface area contributed by atoms with Gasteiger partial charge in [-0.05, 0) is 11.1 Å². The van der Waals surface area contributed by atoms with E-state index in [0.29, 0.717) is 0 Å². The largest absolute Gasteiger partial charge is 0.481 e. The third-order valence-electron chi connectivity index (χ3n) is 3.66. The number of amides is 2. The summed E-state index contributed by atoms with van der Waals surface area (Å²) >= 11 is 0. The van der Waals surface area contributed by atoms with Crippen LogP contribution in [-0.4, -0.2) is 40.7 Å². The molecule has 0 radical (unpaired) electrons. The highest BCUT2D eigenvalue weighted by Crippen LogP contribution is 2.06. The van der Waals surface area contributed by atoms with Crippen molar-refractivity contribution in [3.63, 3.8) is 0 Å². The molecule has 29 heavy (non-hydrogen) atoms. The fourth-order valence-electron chi connectivity index (χ4n) is 2.21. The zero-order valence-electron chi connectivity index (χ0n) is 15.6. The first-order valence-corrected chi connectivity index (χ1v) is 8.70. The summed E-state index contributed by atoms with van der Waals surface area (Å²) < 4.78 is 10.1. The molecule has 152 valence electrons. The minimum Gasteiger partial charge on any atom is -0.481 e. The second-order valence-electron chi connectivity index (χ2n) is 5.85. The van der Waals surface area contributed by atoms with E-state index < -0.39 is 30.5 Å². The van der Waals surface area contributed by atoms with Crippen LogP contribution in [0, 0.1) is 0 Å². The lowest BCUT2D eigenvalue weighted by Gasteiger charge is -2.20. The summed E-state index contributed by atoms with van der Waals surface area (Å²) in [5, 5.41) is 8.87. The van der Waals surface area contributed by atoms with Gasteiger partial charge in [0.15, 0.2) is 0 Å². The molecule has 2 aromatic rings. The predicted octanol–water partition coefficient (Wildman–Crippen LogP) is 2.75. The summed E-state index contributed by atoms with van der Waals surface area (Å²) in [5.74, 6) is -1.66. The number of nitrogens with zero attached hydrogens (tertiary/aromatic N) is 2. The number of carbonyl (C=O) groups excluding carboxylic acids is 2. The number of rotatable bonds is 7. The number of guanidine groups is 1. The lowest BCUT2D eigenvalue weighted by molar-refractivity contribution is -0.137. The number of aliphatic imine (C=N–C) groups is 1. The fourth-order valence-corrected chi connectivity index (χ4v) is 2.21. The summed E-state index contributed by atoms with van der Waals surface area (Å²) in [6, 6.07) is 17.8. The maximum Gasteiger partial charge on any atom is 0.437 e. The Balaban J connectivity index is 1.99. The fraction of sp³-hybridized carbons (Fsp3) is 0.200. The van der Waals surface area contributed by atoms with Crippen molar-refractivity contribution in [3.8, 4) is 0 Å². The van der Waals surface area contributed by atoms with Crippen molar-refractivity contribution < 1.29 is 29.0 Å². The molecule has 2 amide bonds. The van der Waals surface area contributed by atoms with Gasteiger partial charge in [-0.15, -0.1) is 4.99 Å². The smallest absolute Gasteiger partial charge is 0.437 e. The molecular formula is C20H21N3O6. The molecule has 0 saturated carbocycles. The molecule has 0 heterocycles. The van der Waals surface area contributed by atoms with E-state index in [9.17, 15) is 14.4 Å². The van der Waals surface area contributed by atoms with Gasteiger partial charge in [0.1, 0.15) is 13.2 Å². The third kappa shape index (κ3) is 7.71. The molecule has 0 aliphatic carbocycles. The van der Waals surface area contributed by atoms with Gasteiger partial charge in [-0.25, -0.2) is 14.5 Å². The van der Waals surface area contributed by atoms with Crippen molar-refractivity contribution >= 4 is 24.1 Å². The Morgan fingerprint density at radius 3 is 1.93 bits per heavy atom. The number of hydrogen-bond donors (Lipinski definition) is 2. The standard InChI is InChI=1S/C20H21N3O6/c21-18(22-19(26)28-13-15-7-3-1-4-8-15)23(12-11-17(24)25)20(27)29-14-16-9-5-2-6-10-16/h1-10H,11-14H2,(H,24,25)(H2,21,22,26). The van der Waals surface area contributed by atoms with Gasteiger partial charge in [-0.1, -0.05) is 60.7 Å². The van der Waals surface area contributed by atoms with Gasteiger partial charge in [0.2, 0.25) is 5.96 Å². The molecule has 0 saturated heterocycles. The van der Waals surface area contributed by atoms with Gasteiger partial charge in [-0.2, -0.15) is 0 Å². The molecule has 0 aliphatic rings. The second-order valence-corrected chi connectivity index (χ2v) is 5.85. The Morgan fingerprint density at radius 1 is 0.897 bits per heavy atom. The van der Waals surface area contributed by atoms with Crippen LogP contribution < -0.4 is 5.73 Å². The summed E-state index contributed by atoms with van der Waals surface area (Å²) in [4.78, 5) is 39.4. The van der Waals surface area contributed by atoms with Gasteiger partial charge >= 0.3 is 18.2 Å². The van der Waals surface area contributed by atoms with Crippen LogP contribution in [0.2, 0.25) is 0 Å². The van der Waals surface area contributed by atoms with Gasteiger partial charge < -0.3 is 20.3 Å². The monoisotopic (exact) mass is 399 g/mol. The average Bonchev–Trinajstić information content (AvgIpc) is 2.72. The maximum atomic E-state index is 12.3. The molecule has 0 aromatic heterocycles. The van der Waals surface area contributed by atoms with Crippen LogP contribution in [0.3, 0.4) is 0 Å². The average molecular weight is 399 g/mol. The third-order valence-corrected chi connectivity index (χ3v) is 3.66. The lowest BCUT2D eigenvalue weighted by Crippen LogP contribution is -2.44. The second kappa shape index (κ2) is 11.1. The van der Waals surface area contributed by atoms with Crippen LogP contribution in [0.1, 0.15) is 17.5 Å². The zero-order chi connectivity index (χ0) is 21.1. The first kappa shape index (κ1) is 21.4. The number of carboxylic acids is 1. The van der Waals surface area contributed by atoms with E-state index in [1.54, 1.807) is 48.5 Å². The number of benzene rings is 2. The SMILES string of the molecule is NC(=NC(=O)OCc1ccccc1)N(CCC(=O)O)C(=O)OCc1ccccc1. The molecule has 0 aliphatic heterocycles. The molecule has 2 rings (SSSR count). The van der Waals surface area contributed by atoms with Crippen molar-refractivity contribution in [3.05, 3.63) is 71.8 Å². The van der Waals surface area contributed by atoms with Gasteiger partial charge in [0, 0.05) is 6.54 Å². The van der Waals surface area contributed by atoms with Gasteiger partial charge in [0.05, 0.1) is 6.42 Å². The number of ether oxygens (including phenoxy) is 2.